The van der Waals surface area contributed by atoms with Crippen molar-refractivity contribution in [2.75, 3.05) is 6.61 Å². The van der Waals surface area contributed by atoms with Crippen LogP contribution in [0.25, 0.3) is 10.2 Å². The summed E-state index contributed by atoms with van der Waals surface area (Å²) in [6, 6.07) is 5.67. The highest BCUT2D eigenvalue weighted by Gasteiger charge is 1.97. The van der Waals surface area contributed by atoms with Crippen molar-refractivity contribution in [1.82, 2.24) is 4.98 Å². The van der Waals surface area contributed by atoms with Gasteiger partial charge in [0.25, 0.3) is 0 Å². The van der Waals surface area contributed by atoms with E-state index in [0.717, 1.165) is 15.8 Å². The fraction of sp³-hybridized carbons (Fsp3) is 0.167. The van der Waals surface area contributed by atoms with Gasteiger partial charge in [0, 0.05) is 11.5 Å². The lowest BCUT2D eigenvalue weighted by molar-refractivity contribution is -0.136. The summed E-state index contributed by atoms with van der Waals surface area (Å²) < 4.78 is 5.82. The summed E-state index contributed by atoms with van der Waals surface area (Å²) in [5.41, 5.74) is 3.46. The number of carbonyl (C=O) groups is 1. The van der Waals surface area contributed by atoms with E-state index in [1.165, 1.54) is 0 Å². The minimum absolute atomic E-state index is 0.346. The molecular weight excluding hydrogens is 222 g/mol. The zero-order chi connectivity index (χ0) is 11.4. The average molecular weight is 231 g/mol. The molecule has 0 aliphatic rings. The molecule has 4 heteroatoms. The molecule has 0 spiro atoms. The third kappa shape index (κ3) is 2.38. The number of thiazole rings is 1. The molecule has 0 radical (unpaired) electrons. The fourth-order valence-electron chi connectivity index (χ4n) is 1.23. The minimum atomic E-state index is -0.499. The monoisotopic (exact) mass is 231 g/mol. The topological polar surface area (TPSA) is 39.2 Å². The number of hydrogen-bond donors (Lipinski definition) is 0. The molecule has 1 aromatic heterocycles. The first-order valence-corrected chi connectivity index (χ1v) is 5.69. The first-order chi connectivity index (χ1) is 7.79. The molecule has 80 valence electrons. The molecule has 0 aliphatic carbocycles. The van der Waals surface area contributed by atoms with Gasteiger partial charge >= 0.3 is 5.97 Å². The van der Waals surface area contributed by atoms with Crippen LogP contribution in [0.2, 0.25) is 0 Å². The van der Waals surface area contributed by atoms with E-state index in [2.05, 4.69) is 16.8 Å². The quantitative estimate of drug-likeness (QED) is 0.558. The highest BCUT2D eigenvalue weighted by molar-refractivity contribution is 7.16. The Labute approximate surface area is 97.1 Å². The van der Waals surface area contributed by atoms with E-state index in [4.69, 9.17) is 4.74 Å². The number of aromatic nitrogens is 1. The second kappa shape index (κ2) is 4.77. The van der Waals surface area contributed by atoms with Gasteiger partial charge in [0.05, 0.1) is 22.3 Å². The number of esters is 1. The third-order valence-electron chi connectivity index (χ3n) is 1.91. The van der Waals surface area contributed by atoms with Crippen molar-refractivity contribution in [1.29, 1.82) is 0 Å². The van der Waals surface area contributed by atoms with Crippen molar-refractivity contribution in [3.05, 3.63) is 29.3 Å². The Kier molecular flexibility index (Phi) is 3.18. The van der Waals surface area contributed by atoms with Crippen molar-refractivity contribution >= 4 is 27.5 Å². The van der Waals surface area contributed by atoms with Crippen LogP contribution in [0.1, 0.15) is 12.5 Å². The van der Waals surface area contributed by atoms with Gasteiger partial charge in [-0.05, 0) is 25.1 Å². The minimum Gasteiger partial charge on any atom is -0.456 e. The molecular formula is C12H9NO2S. The van der Waals surface area contributed by atoms with Gasteiger partial charge in [-0.15, -0.1) is 11.3 Å². The van der Waals surface area contributed by atoms with Crippen LogP contribution in [-0.2, 0) is 9.53 Å². The summed E-state index contributed by atoms with van der Waals surface area (Å²) in [6.07, 6.45) is 0. The molecule has 0 N–H and O–H groups in total. The second-order valence-corrected chi connectivity index (χ2v) is 3.89. The van der Waals surface area contributed by atoms with Gasteiger partial charge in [-0.3, -0.25) is 0 Å². The zero-order valence-corrected chi connectivity index (χ0v) is 9.50. The Morgan fingerprint density at radius 3 is 3.25 bits per heavy atom. The number of benzene rings is 1. The number of ether oxygens (including phenoxy) is 1. The highest BCUT2D eigenvalue weighted by Crippen LogP contribution is 2.18. The Morgan fingerprint density at radius 1 is 1.56 bits per heavy atom. The number of carbonyl (C=O) groups excluding carboxylic acids is 1. The lowest BCUT2D eigenvalue weighted by Gasteiger charge is -1.92. The Bertz CT molecular complexity index is 577. The van der Waals surface area contributed by atoms with Gasteiger partial charge < -0.3 is 4.74 Å². The van der Waals surface area contributed by atoms with Gasteiger partial charge in [0.1, 0.15) is 0 Å². The lowest BCUT2D eigenvalue weighted by atomic mass is 10.2. The van der Waals surface area contributed by atoms with Crippen LogP contribution in [-0.4, -0.2) is 17.6 Å². The van der Waals surface area contributed by atoms with Gasteiger partial charge in [-0.1, -0.05) is 5.92 Å². The smallest absolute Gasteiger partial charge is 0.384 e. The van der Waals surface area contributed by atoms with E-state index in [1.54, 1.807) is 23.8 Å². The van der Waals surface area contributed by atoms with Crippen molar-refractivity contribution in [3.63, 3.8) is 0 Å². The molecule has 0 saturated heterocycles. The number of fused-ring (bicyclic) bond motifs is 1. The molecule has 3 nitrogen and oxygen atoms in total. The first kappa shape index (κ1) is 10.7. The van der Waals surface area contributed by atoms with E-state index >= 15 is 0 Å². The predicted octanol–water partition coefficient (Wildman–Crippen LogP) is 2.21. The molecule has 0 unspecified atom stereocenters. The molecule has 0 amide bonds. The molecule has 0 bridgehead atoms. The van der Waals surface area contributed by atoms with Gasteiger partial charge in [-0.2, -0.15) is 0 Å². The van der Waals surface area contributed by atoms with Gasteiger partial charge in [0.2, 0.25) is 0 Å². The van der Waals surface area contributed by atoms with E-state index in [9.17, 15) is 4.79 Å². The predicted molar refractivity (Wildman–Crippen MR) is 63.1 cm³/mol. The average Bonchev–Trinajstić information content (AvgIpc) is 2.74. The van der Waals surface area contributed by atoms with Crippen LogP contribution in [0.3, 0.4) is 0 Å². The van der Waals surface area contributed by atoms with E-state index in [0.29, 0.717) is 6.61 Å². The lowest BCUT2D eigenvalue weighted by Crippen LogP contribution is -1.99. The second-order valence-electron chi connectivity index (χ2n) is 3.01. The number of nitrogens with zero attached hydrogens (tertiary/aromatic N) is 1. The summed E-state index contributed by atoms with van der Waals surface area (Å²) in [5, 5.41) is 0. The molecule has 1 heterocycles. The maximum atomic E-state index is 11.0. The van der Waals surface area contributed by atoms with Crippen LogP contribution in [0, 0.1) is 11.8 Å². The molecule has 2 rings (SSSR count). The Morgan fingerprint density at radius 2 is 2.44 bits per heavy atom. The molecule has 1 aromatic carbocycles. The van der Waals surface area contributed by atoms with Crippen LogP contribution < -0.4 is 0 Å². The molecule has 16 heavy (non-hydrogen) atoms. The van der Waals surface area contributed by atoms with Crippen molar-refractivity contribution in [2.45, 2.75) is 6.92 Å². The van der Waals surface area contributed by atoms with E-state index in [-0.39, 0.29) is 0 Å². The Hall–Kier alpha value is -1.86. The van der Waals surface area contributed by atoms with Crippen LogP contribution in [0.4, 0.5) is 0 Å². The van der Waals surface area contributed by atoms with Crippen molar-refractivity contribution in [3.8, 4) is 11.8 Å². The van der Waals surface area contributed by atoms with E-state index in [1.807, 2.05) is 18.2 Å². The summed E-state index contributed by atoms with van der Waals surface area (Å²) in [7, 11) is 0. The maximum absolute atomic E-state index is 11.0. The largest absolute Gasteiger partial charge is 0.456 e. The molecule has 0 fully saturated rings. The summed E-state index contributed by atoms with van der Waals surface area (Å²) >= 11 is 1.58. The Balaban J connectivity index is 2.23. The van der Waals surface area contributed by atoms with Gasteiger partial charge in [-0.25, -0.2) is 9.78 Å². The maximum Gasteiger partial charge on any atom is 0.384 e. The molecule has 2 aromatic rings. The molecule has 0 atom stereocenters. The first-order valence-electron chi connectivity index (χ1n) is 4.81. The van der Waals surface area contributed by atoms with Crippen LogP contribution in [0.5, 0.6) is 0 Å². The summed E-state index contributed by atoms with van der Waals surface area (Å²) in [5.74, 6) is 4.67. The molecule has 0 saturated carbocycles. The highest BCUT2D eigenvalue weighted by atomic mass is 32.1. The zero-order valence-electron chi connectivity index (χ0n) is 8.69. The van der Waals surface area contributed by atoms with Crippen LogP contribution in [0.15, 0.2) is 23.7 Å². The summed E-state index contributed by atoms with van der Waals surface area (Å²) in [6.45, 7) is 2.10. The van der Waals surface area contributed by atoms with Crippen molar-refractivity contribution < 1.29 is 9.53 Å². The number of rotatable bonds is 1. The SMILES string of the molecule is CCOC(=O)C#Cc1ccc2scnc2c1. The molecule has 0 aliphatic heterocycles. The summed E-state index contributed by atoms with van der Waals surface area (Å²) in [4.78, 5) is 15.2. The standard InChI is InChI=1S/C12H9NO2S/c1-2-15-12(14)6-4-9-3-5-11-10(7-9)13-8-16-11/h3,5,7-8H,2H2,1H3. The fourth-order valence-corrected chi connectivity index (χ4v) is 1.88. The third-order valence-corrected chi connectivity index (χ3v) is 2.72. The van der Waals surface area contributed by atoms with Crippen molar-refractivity contribution in [2.24, 2.45) is 0 Å². The normalized spacial score (nSPS) is 9.56. The van der Waals surface area contributed by atoms with E-state index < -0.39 is 5.97 Å². The number of hydrogen-bond acceptors (Lipinski definition) is 4. The van der Waals surface area contributed by atoms with Gasteiger partial charge in [0.15, 0.2) is 0 Å². The van der Waals surface area contributed by atoms with Crippen LogP contribution >= 0.6 is 11.3 Å².